The molecule has 1 fully saturated rings. The number of carbonyl (C=O) groups is 5. The number of alkyl carbamates (subject to hydrolysis) is 1. The van der Waals surface area contributed by atoms with Gasteiger partial charge in [-0.3, -0.25) is 19.2 Å². The van der Waals surface area contributed by atoms with Gasteiger partial charge in [0.2, 0.25) is 11.8 Å². The second-order valence-electron chi connectivity index (χ2n) is 11.4. The molecule has 1 aliphatic heterocycles. The van der Waals surface area contributed by atoms with Crippen molar-refractivity contribution in [2.45, 2.75) is 77.7 Å². The maximum absolute atomic E-state index is 13.8. The summed E-state index contributed by atoms with van der Waals surface area (Å²) >= 11 is 0. The van der Waals surface area contributed by atoms with Crippen molar-refractivity contribution in [2.24, 2.45) is 0 Å². The van der Waals surface area contributed by atoms with Gasteiger partial charge in [-0.1, -0.05) is 6.07 Å². The minimum Gasteiger partial charge on any atom is -0.504 e. The fourth-order valence-electron chi connectivity index (χ4n) is 4.01. The minimum atomic E-state index is -1.31. The Morgan fingerprint density at radius 2 is 1.60 bits per heavy atom. The number of esters is 2. The average Bonchev–Trinajstić information content (AvgIpc) is 2.80. The molecule has 1 aliphatic rings. The summed E-state index contributed by atoms with van der Waals surface area (Å²) in [6, 6.07) is 1.35. The first-order valence-electron chi connectivity index (χ1n) is 12.8. The number of benzene rings is 1. The minimum absolute atomic E-state index is 0.0271. The molecule has 1 aromatic carbocycles. The van der Waals surface area contributed by atoms with Gasteiger partial charge < -0.3 is 39.5 Å². The van der Waals surface area contributed by atoms with Crippen LogP contribution in [0.3, 0.4) is 0 Å². The van der Waals surface area contributed by atoms with Crippen LogP contribution in [0.25, 0.3) is 0 Å². The maximum Gasteiger partial charge on any atom is 0.408 e. The van der Waals surface area contributed by atoms with Gasteiger partial charge in [-0.05, 0) is 59.2 Å². The Bertz CT molecular complexity index is 1120. The maximum atomic E-state index is 13.8. The lowest BCUT2D eigenvalue weighted by Gasteiger charge is -2.41. The van der Waals surface area contributed by atoms with Crippen LogP contribution in [0.4, 0.5) is 4.79 Å². The topological polar surface area (TPSA) is 172 Å². The highest BCUT2D eigenvalue weighted by Gasteiger charge is 2.42. The average molecular weight is 566 g/mol. The van der Waals surface area contributed by atoms with Gasteiger partial charge in [-0.15, -0.1) is 0 Å². The molecule has 0 bridgehead atoms. The number of methoxy groups -OCH3 is 1. The molecule has 3 amide bonds. The molecule has 3 N–H and O–H groups in total. The second-order valence-corrected chi connectivity index (χ2v) is 11.4. The third kappa shape index (κ3) is 9.62. The molecule has 222 valence electrons. The number of nitrogens with zero attached hydrogens (tertiary/aromatic N) is 2. The zero-order valence-corrected chi connectivity index (χ0v) is 24.0. The Kier molecular flexibility index (Phi) is 10.4. The standard InChI is InChI=1S/C27H39N3O10/c1-26(2,3)39-22(34)15-29-10-11-30(18(24(29)36)14-21(33)38-7)23(35)17(28-25(37)40-27(4,5)6)12-16-8-9-19(31)20(32)13-16/h8-9,13,17-18,31-32H,10-12,14-15H2,1-7H3,(H,28,37)/t17-,18-/m0/s1. The summed E-state index contributed by atoms with van der Waals surface area (Å²) < 4.78 is 15.3. The Morgan fingerprint density at radius 3 is 2.15 bits per heavy atom. The van der Waals surface area contributed by atoms with Crippen LogP contribution < -0.4 is 5.32 Å². The fourth-order valence-corrected chi connectivity index (χ4v) is 4.01. The zero-order chi connectivity index (χ0) is 30.4. The molecule has 0 spiro atoms. The van der Waals surface area contributed by atoms with E-state index in [9.17, 15) is 34.2 Å². The normalized spacial score (nSPS) is 16.7. The van der Waals surface area contributed by atoms with Crippen LogP contribution in [-0.2, 0) is 39.8 Å². The van der Waals surface area contributed by atoms with Crippen molar-refractivity contribution < 1.29 is 48.4 Å². The van der Waals surface area contributed by atoms with Crippen LogP contribution in [-0.4, -0.2) is 99.9 Å². The Balaban J connectivity index is 2.36. The molecule has 1 saturated heterocycles. The van der Waals surface area contributed by atoms with Gasteiger partial charge >= 0.3 is 18.0 Å². The van der Waals surface area contributed by atoms with Crippen molar-refractivity contribution >= 4 is 29.8 Å². The van der Waals surface area contributed by atoms with Crippen LogP contribution in [0.5, 0.6) is 11.5 Å². The van der Waals surface area contributed by atoms with Gasteiger partial charge in [0.15, 0.2) is 11.5 Å². The van der Waals surface area contributed by atoms with E-state index >= 15 is 0 Å². The van der Waals surface area contributed by atoms with E-state index < -0.39 is 65.3 Å². The predicted octanol–water partition coefficient (Wildman–Crippen LogP) is 1.48. The van der Waals surface area contributed by atoms with E-state index in [2.05, 4.69) is 5.32 Å². The molecule has 0 unspecified atom stereocenters. The third-order valence-corrected chi connectivity index (χ3v) is 5.66. The van der Waals surface area contributed by atoms with Crippen LogP contribution >= 0.6 is 0 Å². The van der Waals surface area contributed by atoms with E-state index in [-0.39, 0.29) is 31.8 Å². The summed E-state index contributed by atoms with van der Waals surface area (Å²) in [4.78, 5) is 66.8. The largest absolute Gasteiger partial charge is 0.504 e. The number of rotatable bonds is 8. The van der Waals surface area contributed by atoms with Crippen molar-refractivity contribution in [1.29, 1.82) is 0 Å². The van der Waals surface area contributed by atoms with Crippen molar-refractivity contribution in [3.63, 3.8) is 0 Å². The molecular formula is C27H39N3O10. The molecule has 13 nitrogen and oxygen atoms in total. The van der Waals surface area contributed by atoms with E-state index in [4.69, 9.17) is 14.2 Å². The van der Waals surface area contributed by atoms with Gasteiger partial charge in [0.25, 0.3) is 0 Å². The number of hydrogen-bond acceptors (Lipinski definition) is 10. The summed E-state index contributed by atoms with van der Waals surface area (Å²) in [6.07, 6.45) is -1.51. The Hall–Kier alpha value is -4.03. The molecule has 13 heteroatoms. The molecule has 0 radical (unpaired) electrons. The molecular weight excluding hydrogens is 526 g/mol. The Morgan fingerprint density at radius 1 is 0.975 bits per heavy atom. The number of nitrogens with one attached hydrogen (secondary N) is 1. The first kappa shape index (κ1) is 32.2. The van der Waals surface area contributed by atoms with Crippen LogP contribution in [0.2, 0.25) is 0 Å². The lowest BCUT2D eigenvalue weighted by atomic mass is 10.0. The molecule has 2 rings (SSSR count). The van der Waals surface area contributed by atoms with Gasteiger partial charge in [-0.2, -0.15) is 0 Å². The molecule has 2 atom stereocenters. The van der Waals surface area contributed by atoms with Crippen LogP contribution in [0.15, 0.2) is 18.2 Å². The smallest absolute Gasteiger partial charge is 0.408 e. The second kappa shape index (κ2) is 12.9. The zero-order valence-electron chi connectivity index (χ0n) is 24.0. The summed E-state index contributed by atoms with van der Waals surface area (Å²) in [7, 11) is 1.14. The highest BCUT2D eigenvalue weighted by molar-refractivity contribution is 5.95. The summed E-state index contributed by atoms with van der Waals surface area (Å²) in [6.45, 7) is 9.56. The summed E-state index contributed by atoms with van der Waals surface area (Å²) in [5.41, 5.74) is -1.25. The van der Waals surface area contributed by atoms with E-state index in [1.54, 1.807) is 41.5 Å². The quantitative estimate of drug-likeness (QED) is 0.238. The highest BCUT2D eigenvalue weighted by Crippen LogP contribution is 2.26. The fraction of sp³-hybridized carbons (Fsp3) is 0.593. The number of ether oxygens (including phenoxy) is 3. The highest BCUT2D eigenvalue weighted by atomic mass is 16.6. The van der Waals surface area contributed by atoms with Crippen molar-refractivity contribution in [1.82, 2.24) is 15.1 Å². The van der Waals surface area contributed by atoms with Gasteiger partial charge in [0.05, 0.1) is 13.5 Å². The van der Waals surface area contributed by atoms with Gasteiger partial charge in [0, 0.05) is 19.5 Å². The molecule has 40 heavy (non-hydrogen) atoms. The number of piperazine rings is 1. The Labute approximate surface area is 233 Å². The predicted molar refractivity (Wildman–Crippen MR) is 141 cm³/mol. The summed E-state index contributed by atoms with van der Waals surface area (Å²) in [5.74, 6) is -3.54. The third-order valence-electron chi connectivity index (χ3n) is 5.66. The van der Waals surface area contributed by atoms with Crippen LogP contribution in [0.1, 0.15) is 53.5 Å². The molecule has 1 heterocycles. The first-order valence-corrected chi connectivity index (χ1v) is 12.8. The number of carbonyl (C=O) groups excluding carboxylic acids is 5. The first-order chi connectivity index (χ1) is 18.4. The number of amides is 3. The lowest BCUT2D eigenvalue weighted by Crippen LogP contribution is -2.63. The lowest BCUT2D eigenvalue weighted by molar-refractivity contribution is -0.164. The summed E-state index contributed by atoms with van der Waals surface area (Å²) in [5, 5.41) is 22.1. The number of hydrogen-bond donors (Lipinski definition) is 3. The van der Waals surface area contributed by atoms with Crippen LogP contribution in [0, 0.1) is 0 Å². The molecule has 1 aromatic rings. The van der Waals surface area contributed by atoms with E-state index in [1.807, 2.05) is 0 Å². The number of aromatic hydroxyl groups is 2. The SMILES string of the molecule is COC(=O)C[C@H]1C(=O)N(CC(=O)OC(C)(C)C)CCN1C(=O)[C@H](Cc1ccc(O)c(O)c1)NC(=O)OC(C)(C)C. The van der Waals surface area contributed by atoms with E-state index in [0.29, 0.717) is 5.56 Å². The monoisotopic (exact) mass is 565 g/mol. The van der Waals surface area contributed by atoms with E-state index in [0.717, 1.165) is 12.0 Å². The van der Waals surface area contributed by atoms with Crippen molar-refractivity contribution in [2.75, 3.05) is 26.7 Å². The van der Waals surface area contributed by atoms with Gasteiger partial charge in [-0.25, -0.2) is 4.79 Å². The van der Waals surface area contributed by atoms with Crippen molar-refractivity contribution in [3.05, 3.63) is 23.8 Å². The molecule has 0 saturated carbocycles. The molecule has 0 aromatic heterocycles. The van der Waals surface area contributed by atoms with Crippen molar-refractivity contribution in [3.8, 4) is 11.5 Å². The van der Waals surface area contributed by atoms with E-state index in [1.165, 1.54) is 23.1 Å². The number of phenols is 2. The number of phenolic OH excluding ortho intramolecular Hbond substituents is 2. The van der Waals surface area contributed by atoms with Gasteiger partial charge in [0.1, 0.15) is 29.8 Å². The molecule has 0 aliphatic carbocycles.